The van der Waals surface area contributed by atoms with E-state index in [2.05, 4.69) is 31.9 Å². The van der Waals surface area contributed by atoms with Crippen molar-refractivity contribution in [1.29, 1.82) is 0 Å². The topological polar surface area (TPSA) is 122 Å². The maximum absolute atomic E-state index is 13.6. The second-order valence-corrected chi connectivity index (χ2v) is 10.1. The Morgan fingerprint density at radius 3 is 2.57 bits per heavy atom. The molecule has 1 aliphatic carbocycles. The highest BCUT2D eigenvalue weighted by atomic mass is 16.3. The highest BCUT2D eigenvalue weighted by Gasteiger charge is 2.37. The summed E-state index contributed by atoms with van der Waals surface area (Å²) in [5.41, 5.74) is 6.20. The first-order chi connectivity index (χ1) is 17.1. The van der Waals surface area contributed by atoms with Gasteiger partial charge in [-0.25, -0.2) is 0 Å². The maximum atomic E-state index is 13.6. The lowest BCUT2D eigenvalue weighted by molar-refractivity contribution is -0.134. The average Bonchev–Trinajstić information content (AvgIpc) is 3.64. The lowest BCUT2D eigenvalue weighted by Gasteiger charge is -2.42. The van der Waals surface area contributed by atoms with E-state index in [0.717, 1.165) is 44.9 Å². The predicted molar refractivity (Wildman–Crippen MR) is 131 cm³/mol. The first-order valence-electron chi connectivity index (χ1n) is 12.8. The van der Waals surface area contributed by atoms with E-state index < -0.39 is 0 Å². The second kappa shape index (κ2) is 9.10. The molecule has 3 aromatic rings. The van der Waals surface area contributed by atoms with Crippen molar-refractivity contribution in [2.45, 2.75) is 57.5 Å². The summed E-state index contributed by atoms with van der Waals surface area (Å²) in [5.74, 6) is 2.90. The largest absolute Gasteiger partial charge is 0.461 e. The third kappa shape index (κ3) is 4.22. The van der Waals surface area contributed by atoms with E-state index in [4.69, 9.17) is 10.2 Å². The molecule has 3 fully saturated rings. The molecule has 0 spiro atoms. The van der Waals surface area contributed by atoms with Gasteiger partial charge in [-0.05, 0) is 56.6 Å². The summed E-state index contributed by atoms with van der Waals surface area (Å²) < 4.78 is 6.80. The summed E-state index contributed by atoms with van der Waals surface area (Å²) in [6, 6.07) is 3.97. The minimum Gasteiger partial charge on any atom is -0.461 e. The molecule has 3 aromatic heterocycles. The number of aromatic nitrogens is 5. The van der Waals surface area contributed by atoms with E-state index in [-0.39, 0.29) is 17.9 Å². The Kier molecular flexibility index (Phi) is 5.79. The normalized spacial score (nSPS) is 26.0. The van der Waals surface area contributed by atoms with Gasteiger partial charge in [0.25, 0.3) is 5.78 Å². The van der Waals surface area contributed by atoms with Crippen molar-refractivity contribution in [2.75, 3.05) is 43.4 Å². The first-order valence-corrected chi connectivity index (χ1v) is 12.8. The maximum Gasteiger partial charge on any atom is 0.259 e. The fourth-order valence-corrected chi connectivity index (χ4v) is 5.82. The Hall–Kier alpha value is -3.21. The number of carbonyl (C=O) groups excluding carboxylic acids is 1. The Morgan fingerprint density at radius 2 is 1.83 bits per heavy atom. The molecule has 2 aliphatic heterocycles. The van der Waals surface area contributed by atoms with Gasteiger partial charge in [0.1, 0.15) is 6.04 Å². The zero-order chi connectivity index (χ0) is 23.9. The van der Waals surface area contributed by atoms with Crippen LogP contribution in [0.4, 0.5) is 11.9 Å². The molecule has 1 amide bonds. The van der Waals surface area contributed by atoms with Gasteiger partial charge in [-0.2, -0.15) is 19.5 Å². The number of amides is 1. The van der Waals surface area contributed by atoms with Crippen LogP contribution < -0.4 is 10.6 Å². The fourth-order valence-electron chi connectivity index (χ4n) is 5.82. The molecule has 11 nitrogen and oxygen atoms in total. The monoisotopic (exact) mass is 479 g/mol. The number of nitrogen functional groups attached to an aromatic ring is 1. The van der Waals surface area contributed by atoms with Gasteiger partial charge in [-0.15, -0.1) is 5.10 Å². The van der Waals surface area contributed by atoms with Crippen molar-refractivity contribution < 1.29 is 9.21 Å². The average molecular weight is 480 g/mol. The van der Waals surface area contributed by atoms with E-state index in [1.165, 1.54) is 30.2 Å². The van der Waals surface area contributed by atoms with E-state index in [1.54, 1.807) is 18.4 Å². The molecule has 2 saturated heterocycles. The van der Waals surface area contributed by atoms with Gasteiger partial charge >= 0.3 is 0 Å². The number of anilines is 2. The summed E-state index contributed by atoms with van der Waals surface area (Å²) >= 11 is 0. The van der Waals surface area contributed by atoms with Gasteiger partial charge in [0.05, 0.1) is 6.26 Å². The highest BCUT2D eigenvalue weighted by Crippen LogP contribution is 2.29. The van der Waals surface area contributed by atoms with E-state index in [9.17, 15) is 4.79 Å². The summed E-state index contributed by atoms with van der Waals surface area (Å²) in [6.07, 6.45) is 8.49. The van der Waals surface area contributed by atoms with Crippen LogP contribution in [0.15, 0.2) is 22.8 Å². The Morgan fingerprint density at radius 1 is 1.03 bits per heavy atom. The van der Waals surface area contributed by atoms with Crippen molar-refractivity contribution in [3.05, 3.63) is 18.4 Å². The molecule has 5 heterocycles. The molecule has 0 bridgehead atoms. The van der Waals surface area contributed by atoms with E-state index >= 15 is 0 Å². The van der Waals surface area contributed by atoms with E-state index in [1.807, 2.05) is 9.80 Å². The number of nitrogens with two attached hydrogens (primary N) is 1. The number of piperazine rings is 1. The predicted octanol–water partition coefficient (Wildman–Crippen LogP) is 2.05. The lowest BCUT2D eigenvalue weighted by atomic mass is 9.86. The van der Waals surface area contributed by atoms with Crippen LogP contribution >= 0.6 is 0 Å². The van der Waals surface area contributed by atoms with Gasteiger partial charge in [0.2, 0.25) is 23.6 Å². The zero-order valence-electron chi connectivity index (χ0n) is 20.2. The lowest BCUT2D eigenvalue weighted by Crippen LogP contribution is -2.56. The molecule has 2 N–H and O–H groups in total. The number of rotatable bonds is 4. The van der Waals surface area contributed by atoms with Crippen molar-refractivity contribution in [3.63, 3.8) is 0 Å². The van der Waals surface area contributed by atoms with Crippen LogP contribution in [-0.4, -0.2) is 85.1 Å². The molecular weight excluding hydrogens is 446 g/mol. The Balaban J connectivity index is 1.15. The molecule has 6 rings (SSSR count). The Labute approximate surface area is 204 Å². The number of hydrogen-bond donors (Lipinski definition) is 1. The second-order valence-electron chi connectivity index (χ2n) is 10.1. The van der Waals surface area contributed by atoms with Crippen LogP contribution in [0.25, 0.3) is 17.4 Å². The quantitative estimate of drug-likeness (QED) is 0.599. The van der Waals surface area contributed by atoms with Crippen molar-refractivity contribution >= 4 is 23.6 Å². The number of furan rings is 1. The summed E-state index contributed by atoms with van der Waals surface area (Å²) in [7, 11) is 0. The van der Waals surface area contributed by atoms with Crippen LogP contribution in [0.5, 0.6) is 0 Å². The third-order valence-corrected chi connectivity index (χ3v) is 7.89. The van der Waals surface area contributed by atoms with Gasteiger partial charge in [0, 0.05) is 38.8 Å². The minimum absolute atomic E-state index is 0.166. The highest BCUT2D eigenvalue weighted by molar-refractivity contribution is 5.85. The molecule has 186 valence electrons. The zero-order valence-corrected chi connectivity index (χ0v) is 20.2. The van der Waals surface area contributed by atoms with Crippen molar-refractivity contribution in [3.8, 4) is 11.6 Å². The van der Waals surface area contributed by atoms with Gasteiger partial charge < -0.3 is 20.0 Å². The number of carbonyl (C=O) groups is 1. The number of nitrogens with zero attached hydrogens (tertiary/aromatic N) is 8. The first kappa shape index (κ1) is 22.3. The van der Waals surface area contributed by atoms with Crippen molar-refractivity contribution in [2.24, 2.45) is 5.92 Å². The van der Waals surface area contributed by atoms with Crippen LogP contribution in [0, 0.1) is 5.92 Å². The molecule has 0 aromatic carbocycles. The van der Waals surface area contributed by atoms with Gasteiger partial charge in [-0.3, -0.25) is 9.69 Å². The molecule has 0 radical (unpaired) electrons. The third-order valence-electron chi connectivity index (χ3n) is 7.89. The molecule has 0 unspecified atom stereocenters. The van der Waals surface area contributed by atoms with Gasteiger partial charge in [-0.1, -0.05) is 6.92 Å². The SMILES string of the molecule is CC1CCC(N2CCN(C(=O)[C@@H]3CCCN3c3nc(N)n4nc(-c5ccco5)nc4n3)CC2)CC1. The molecule has 1 atom stereocenters. The van der Waals surface area contributed by atoms with Gasteiger partial charge in [0.15, 0.2) is 5.76 Å². The molecule has 35 heavy (non-hydrogen) atoms. The molecule has 3 aliphatic rings. The van der Waals surface area contributed by atoms with Crippen LogP contribution in [0.2, 0.25) is 0 Å². The van der Waals surface area contributed by atoms with E-state index in [0.29, 0.717) is 35.9 Å². The number of fused-ring (bicyclic) bond motifs is 1. The minimum atomic E-state index is -0.272. The number of hydrogen-bond acceptors (Lipinski definition) is 9. The molecule has 1 saturated carbocycles. The summed E-state index contributed by atoms with van der Waals surface area (Å²) in [4.78, 5) is 33.7. The summed E-state index contributed by atoms with van der Waals surface area (Å²) in [5, 5.41) is 4.36. The molecular formula is C24H33N9O2. The van der Waals surface area contributed by atoms with Crippen LogP contribution in [0.1, 0.15) is 45.4 Å². The van der Waals surface area contributed by atoms with Crippen molar-refractivity contribution in [1.82, 2.24) is 34.4 Å². The van der Waals surface area contributed by atoms with Crippen LogP contribution in [0.3, 0.4) is 0 Å². The Bertz CT molecular complexity index is 1180. The standard InChI is InChI=1S/C24H33N9O2/c1-16-6-8-17(9-7-16)30-11-13-31(14-12-30)21(34)18-4-2-10-32(18)23-27-22(25)33-24(28-23)26-20(29-33)19-5-3-15-35-19/h3,5,15-18H,2,4,6-14H2,1H3,(H2,25,26,27,28,29)/t16?,17?,18-/m0/s1. The van der Waals surface area contributed by atoms with Crippen LogP contribution in [-0.2, 0) is 4.79 Å². The fraction of sp³-hybridized carbons (Fsp3) is 0.625. The smallest absolute Gasteiger partial charge is 0.259 e. The summed E-state index contributed by atoms with van der Waals surface area (Å²) in [6.45, 7) is 6.56. The molecule has 11 heteroatoms.